The van der Waals surface area contributed by atoms with Crippen LogP contribution in [0.4, 0.5) is 0 Å². The summed E-state index contributed by atoms with van der Waals surface area (Å²) in [4.78, 5) is 6.83. The Bertz CT molecular complexity index is 429. The largest absolute Gasteiger partial charge is 0.379 e. The zero-order valence-corrected chi connectivity index (χ0v) is 12.2. The third-order valence-corrected chi connectivity index (χ3v) is 4.11. The quantitative estimate of drug-likeness (QED) is 0.767. The van der Waals surface area contributed by atoms with Crippen LogP contribution in [0.3, 0.4) is 0 Å². The summed E-state index contributed by atoms with van der Waals surface area (Å²) in [5, 5.41) is 3.41. The second-order valence-corrected chi connectivity index (χ2v) is 5.54. The summed E-state index contributed by atoms with van der Waals surface area (Å²) in [5.41, 5.74) is 2.50. The van der Waals surface area contributed by atoms with Gasteiger partial charge in [0.15, 0.2) is 0 Å². The summed E-state index contributed by atoms with van der Waals surface area (Å²) in [5.74, 6) is 0.413. The number of morpholine rings is 1. The molecule has 1 atom stereocenters. The van der Waals surface area contributed by atoms with Gasteiger partial charge in [0.2, 0.25) is 0 Å². The maximum atomic E-state index is 5.89. The number of hydrogen-bond donors (Lipinski definition) is 1. The molecule has 1 aromatic rings. The van der Waals surface area contributed by atoms with Gasteiger partial charge in [0, 0.05) is 51.4 Å². The first-order valence-corrected chi connectivity index (χ1v) is 7.43. The summed E-state index contributed by atoms with van der Waals surface area (Å²) in [6.07, 6.45) is 1.90. The fourth-order valence-electron chi connectivity index (χ4n) is 2.99. The summed E-state index contributed by atoms with van der Waals surface area (Å²) in [7, 11) is 2.07. The van der Waals surface area contributed by atoms with Crippen LogP contribution in [0.25, 0.3) is 0 Å². The van der Waals surface area contributed by atoms with E-state index in [1.807, 2.05) is 6.33 Å². The van der Waals surface area contributed by atoms with Gasteiger partial charge in [-0.15, -0.1) is 0 Å². The molecule has 1 N–H and O–H groups in total. The van der Waals surface area contributed by atoms with E-state index in [4.69, 9.17) is 9.47 Å². The van der Waals surface area contributed by atoms with Gasteiger partial charge in [0.1, 0.15) is 0 Å². The predicted octanol–water partition coefficient (Wildman–Crippen LogP) is -0.0443. The van der Waals surface area contributed by atoms with Crippen molar-refractivity contribution in [2.75, 3.05) is 52.6 Å². The van der Waals surface area contributed by atoms with Gasteiger partial charge >= 0.3 is 0 Å². The van der Waals surface area contributed by atoms with E-state index in [2.05, 4.69) is 26.8 Å². The summed E-state index contributed by atoms with van der Waals surface area (Å²) >= 11 is 0. The Balaban J connectivity index is 1.44. The highest BCUT2D eigenvalue weighted by Crippen LogP contribution is 2.22. The molecule has 112 valence electrons. The number of rotatable bonds is 5. The average Bonchev–Trinajstić information content (AvgIpc) is 2.87. The monoisotopic (exact) mass is 280 g/mol. The van der Waals surface area contributed by atoms with Crippen LogP contribution in [0, 0.1) is 0 Å². The Morgan fingerprint density at radius 3 is 3.15 bits per heavy atom. The van der Waals surface area contributed by atoms with Crippen molar-refractivity contribution in [3.05, 3.63) is 17.7 Å². The third kappa shape index (κ3) is 3.20. The van der Waals surface area contributed by atoms with Crippen molar-refractivity contribution in [2.45, 2.75) is 12.5 Å². The second kappa shape index (κ2) is 6.67. The molecule has 3 heterocycles. The molecule has 1 aromatic heterocycles. The fourth-order valence-corrected chi connectivity index (χ4v) is 2.99. The van der Waals surface area contributed by atoms with Gasteiger partial charge in [-0.2, -0.15) is 0 Å². The molecule has 20 heavy (non-hydrogen) atoms. The van der Waals surface area contributed by atoms with Crippen LogP contribution < -0.4 is 5.32 Å². The van der Waals surface area contributed by atoms with Gasteiger partial charge in [-0.25, -0.2) is 4.98 Å². The molecule has 0 unspecified atom stereocenters. The smallest absolute Gasteiger partial charge is 0.0949 e. The van der Waals surface area contributed by atoms with E-state index in [1.165, 1.54) is 11.4 Å². The number of nitrogens with zero attached hydrogens (tertiary/aromatic N) is 3. The van der Waals surface area contributed by atoms with Crippen LogP contribution in [0.2, 0.25) is 0 Å². The summed E-state index contributed by atoms with van der Waals surface area (Å²) in [6.45, 7) is 8.18. The Kier molecular flexibility index (Phi) is 4.67. The second-order valence-electron chi connectivity index (χ2n) is 5.54. The van der Waals surface area contributed by atoms with Crippen molar-refractivity contribution in [1.82, 2.24) is 19.8 Å². The Labute approximate surface area is 120 Å². The number of imidazole rings is 1. The molecule has 0 spiro atoms. The molecule has 0 saturated carbocycles. The highest BCUT2D eigenvalue weighted by atomic mass is 16.5. The minimum Gasteiger partial charge on any atom is -0.379 e. The van der Waals surface area contributed by atoms with Crippen molar-refractivity contribution in [2.24, 2.45) is 7.05 Å². The van der Waals surface area contributed by atoms with Crippen LogP contribution in [-0.2, 0) is 23.1 Å². The Morgan fingerprint density at radius 1 is 1.45 bits per heavy atom. The van der Waals surface area contributed by atoms with E-state index in [9.17, 15) is 0 Å². The summed E-state index contributed by atoms with van der Waals surface area (Å²) < 4.78 is 13.4. The molecule has 1 saturated heterocycles. The van der Waals surface area contributed by atoms with E-state index in [1.54, 1.807) is 0 Å². The minimum atomic E-state index is 0.413. The first kappa shape index (κ1) is 14.0. The van der Waals surface area contributed by atoms with Crippen molar-refractivity contribution in [3.8, 4) is 0 Å². The molecule has 0 bridgehead atoms. The zero-order chi connectivity index (χ0) is 13.8. The first-order valence-electron chi connectivity index (χ1n) is 7.43. The maximum Gasteiger partial charge on any atom is 0.0949 e. The van der Waals surface area contributed by atoms with Crippen LogP contribution in [0.1, 0.15) is 17.3 Å². The van der Waals surface area contributed by atoms with Gasteiger partial charge in [0.25, 0.3) is 0 Å². The molecular formula is C14H24N4O2. The zero-order valence-electron chi connectivity index (χ0n) is 12.2. The number of aromatic nitrogens is 2. The van der Waals surface area contributed by atoms with Crippen molar-refractivity contribution < 1.29 is 9.47 Å². The lowest BCUT2D eigenvalue weighted by Crippen LogP contribution is -2.38. The van der Waals surface area contributed by atoms with E-state index >= 15 is 0 Å². The SMILES string of the molecule is Cn1cnc2c1[C@H](COCCN1CCOCC1)CNC2. The fraction of sp³-hybridized carbons (Fsp3) is 0.786. The molecule has 6 nitrogen and oxygen atoms in total. The highest BCUT2D eigenvalue weighted by Gasteiger charge is 2.24. The van der Waals surface area contributed by atoms with E-state index in [-0.39, 0.29) is 0 Å². The summed E-state index contributed by atoms with van der Waals surface area (Å²) in [6, 6.07) is 0. The van der Waals surface area contributed by atoms with Crippen molar-refractivity contribution in [3.63, 3.8) is 0 Å². The topological polar surface area (TPSA) is 51.5 Å². The number of nitrogens with one attached hydrogen (secondary N) is 1. The Morgan fingerprint density at radius 2 is 2.30 bits per heavy atom. The normalized spacial score (nSPS) is 23.8. The molecule has 2 aliphatic heterocycles. The molecule has 0 amide bonds. The minimum absolute atomic E-state index is 0.413. The number of aryl methyl sites for hydroxylation is 1. The first-order chi connectivity index (χ1) is 9.84. The lowest BCUT2D eigenvalue weighted by molar-refractivity contribution is 0.0183. The third-order valence-electron chi connectivity index (χ3n) is 4.11. The van der Waals surface area contributed by atoms with Gasteiger partial charge in [-0.05, 0) is 0 Å². The lowest BCUT2D eigenvalue weighted by Gasteiger charge is -2.27. The van der Waals surface area contributed by atoms with E-state index in [0.717, 1.165) is 59.2 Å². The maximum absolute atomic E-state index is 5.89. The number of hydrogen-bond acceptors (Lipinski definition) is 5. The molecular weight excluding hydrogens is 256 g/mol. The van der Waals surface area contributed by atoms with Crippen LogP contribution >= 0.6 is 0 Å². The van der Waals surface area contributed by atoms with E-state index in [0.29, 0.717) is 5.92 Å². The molecule has 0 aliphatic carbocycles. The van der Waals surface area contributed by atoms with Gasteiger partial charge in [-0.3, -0.25) is 4.90 Å². The van der Waals surface area contributed by atoms with Crippen LogP contribution in [0.15, 0.2) is 6.33 Å². The molecule has 3 rings (SSSR count). The van der Waals surface area contributed by atoms with Crippen molar-refractivity contribution >= 4 is 0 Å². The standard InChI is InChI=1S/C14H24N4O2/c1-17-11-16-13-9-15-8-12(14(13)17)10-20-7-4-18-2-5-19-6-3-18/h11-12,15H,2-10H2,1H3/t12-/m0/s1. The molecule has 0 aromatic carbocycles. The van der Waals surface area contributed by atoms with E-state index < -0.39 is 0 Å². The highest BCUT2D eigenvalue weighted by molar-refractivity contribution is 5.21. The number of ether oxygens (including phenoxy) is 2. The number of fused-ring (bicyclic) bond motifs is 1. The Hall–Kier alpha value is -0.950. The van der Waals surface area contributed by atoms with Crippen LogP contribution in [-0.4, -0.2) is 67.1 Å². The average molecular weight is 280 g/mol. The predicted molar refractivity (Wildman–Crippen MR) is 75.7 cm³/mol. The molecule has 0 radical (unpaired) electrons. The van der Waals surface area contributed by atoms with Gasteiger partial charge in [0.05, 0.1) is 38.4 Å². The molecule has 2 aliphatic rings. The van der Waals surface area contributed by atoms with Crippen molar-refractivity contribution in [1.29, 1.82) is 0 Å². The van der Waals surface area contributed by atoms with Crippen LogP contribution in [0.5, 0.6) is 0 Å². The van der Waals surface area contributed by atoms with Gasteiger partial charge < -0.3 is 19.4 Å². The molecule has 6 heteroatoms. The van der Waals surface area contributed by atoms with Gasteiger partial charge in [-0.1, -0.05) is 0 Å². The molecule has 1 fully saturated rings. The lowest BCUT2D eigenvalue weighted by atomic mass is 10.0.